The van der Waals surface area contributed by atoms with Gasteiger partial charge in [-0.3, -0.25) is 14.5 Å². The van der Waals surface area contributed by atoms with Gasteiger partial charge in [-0.2, -0.15) is 0 Å². The second-order valence-electron chi connectivity index (χ2n) is 4.02. The lowest BCUT2D eigenvalue weighted by Crippen LogP contribution is -2.62. The van der Waals surface area contributed by atoms with Gasteiger partial charge in [-0.1, -0.05) is 34.8 Å². The Hall–Kier alpha value is -0.430. The summed E-state index contributed by atoms with van der Waals surface area (Å²) < 4.78 is 3.12. The third-order valence-electron chi connectivity index (χ3n) is 2.55. The first-order valence-electron chi connectivity index (χ1n) is 5.15. The molecule has 104 valence electrons. The average Bonchev–Trinajstić information content (AvgIpc) is 2.33. The van der Waals surface area contributed by atoms with Gasteiger partial charge in [0, 0.05) is 5.75 Å². The van der Waals surface area contributed by atoms with E-state index in [0.717, 1.165) is 4.90 Å². The molecule has 2 aliphatic rings. The van der Waals surface area contributed by atoms with Crippen molar-refractivity contribution in [2.24, 2.45) is 0 Å². The van der Waals surface area contributed by atoms with Crippen LogP contribution in [0.1, 0.15) is 6.92 Å². The zero-order chi connectivity index (χ0) is 14.4. The Balaban J connectivity index is 2.15. The summed E-state index contributed by atoms with van der Waals surface area (Å²) in [6, 6.07) is 0. The van der Waals surface area contributed by atoms with Crippen molar-refractivity contribution >= 4 is 64.2 Å². The van der Waals surface area contributed by atoms with Crippen molar-refractivity contribution in [1.29, 1.82) is 0 Å². The highest BCUT2D eigenvalue weighted by atomic mass is 35.6. The van der Waals surface area contributed by atoms with Crippen LogP contribution in [0, 0.1) is 0 Å². The van der Waals surface area contributed by atoms with Gasteiger partial charge in [-0.25, -0.2) is 4.79 Å². The number of Topliss-reactive ketones (excluding diaryl/α,β-unsaturated/α-hetero) is 1. The molecule has 0 unspecified atom stereocenters. The number of halogens is 3. The number of rotatable bonds is 2. The van der Waals surface area contributed by atoms with Crippen molar-refractivity contribution < 1.29 is 19.1 Å². The molecule has 0 aromatic carbocycles. The summed E-state index contributed by atoms with van der Waals surface area (Å²) in [5, 5.41) is -0.633. The Labute approximate surface area is 128 Å². The molecule has 2 rings (SSSR count). The molecule has 19 heavy (non-hydrogen) atoms. The Kier molecular flexibility index (Phi) is 4.07. The molecule has 2 aliphatic heterocycles. The van der Waals surface area contributed by atoms with Crippen LogP contribution in [0.2, 0.25) is 0 Å². The van der Waals surface area contributed by atoms with Crippen LogP contribution in [0.3, 0.4) is 0 Å². The number of nitrogens with zero attached hydrogens (tertiary/aromatic N) is 1. The normalized spacial score (nSPS) is 23.2. The number of alkyl halides is 3. The Morgan fingerprint density at radius 1 is 1.47 bits per heavy atom. The second-order valence-corrected chi connectivity index (χ2v) is 7.61. The van der Waals surface area contributed by atoms with E-state index in [9.17, 15) is 14.4 Å². The standard InChI is InChI=1S/C10H8Cl3NO4S/c1-4-2-19-8-6(15)7(16)14(8)5(4)9(17)18-3-10(11,12)13/h8H,2-3H2,1H3/t8-/m0/s1. The highest BCUT2D eigenvalue weighted by Crippen LogP contribution is 2.38. The molecule has 1 amide bonds. The number of hydrogen-bond donors (Lipinski definition) is 0. The molecule has 0 spiro atoms. The molecule has 0 radical (unpaired) electrons. The SMILES string of the molecule is CC1=C(C(=O)OCC(Cl)(Cl)Cl)N2C(=O)C(=O)[C@@H]2SC1. The van der Waals surface area contributed by atoms with E-state index in [1.807, 2.05) is 0 Å². The summed E-state index contributed by atoms with van der Waals surface area (Å²) >= 11 is 17.7. The van der Waals surface area contributed by atoms with Crippen LogP contribution in [-0.4, -0.2) is 44.1 Å². The molecule has 9 heteroatoms. The van der Waals surface area contributed by atoms with Gasteiger partial charge in [0.1, 0.15) is 12.3 Å². The topological polar surface area (TPSA) is 63.7 Å². The number of β-lactam (4-membered cyclic amide) rings is 1. The van der Waals surface area contributed by atoms with Crippen LogP contribution in [0.4, 0.5) is 0 Å². The zero-order valence-corrected chi connectivity index (χ0v) is 12.7. The summed E-state index contributed by atoms with van der Waals surface area (Å²) in [5.41, 5.74) is 0.721. The minimum atomic E-state index is -1.72. The Morgan fingerprint density at radius 3 is 2.68 bits per heavy atom. The largest absolute Gasteiger partial charge is 0.456 e. The highest BCUT2D eigenvalue weighted by Gasteiger charge is 2.52. The van der Waals surface area contributed by atoms with E-state index in [4.69, 9.17) is 39.5 Å². The fraction of sp³-hybridized carbons (Fsp3) is 0.500. The molecular formula is C10H8Cl3NO4S. The molecule has 0 N–H and O–H groups in total. The van der Waals surface area contributed by atoms with Crippen LogP contribution in [0.5, 0.6) is 0 Å². The first-order valence-corrected chi connectivity index (χ1v) is 7.33. The number of amides is 1. The van der Waals surface area contributed by atoms with E-state index in [0.29, 0.717) is 11.3 Å². The van der Waals surface area contributed by atoms with Crippen molar-refractivity contribution in [1.82, 2.24) is 4.90 Å². The Morgan fingerprint density at radius 2 is 2.11 bits per heavy atom. The molecular weight excluding hydrogens is 337 g/mol. The fourth-order valence-corrected chi connectivity index (χ4v) is 3.03. The van der Waals surface area contributed by atoms with Crippen molar-refractivity contribution in [3.05, 3.63) is 11.3 Å². The number of thioether (sulfide) groups is 1. The number of esters is 1. The lowest BCUT2D eigenvalue weighted by Gasteiger charge is -2.42. The molecule has 5 nitrogen and oxygen atoms in total. The third-order valence-corrected chi connectivity index (χ3v) is 4.22. The minimum absolute atomic E-state index is 0.0719. The molecule has 0 saturated carbocycles. The number of carbonyl (C=O) groups is 3. The van der Waals surface area contributed by atoms with Gasteiger partial charge in [0.15, 0.2) is 5.37 Å². The molecule has 1 fully saturated rings. The molecule has 0 bridgehead atoms. The maximum Gasteiger partial charge on any atom is 0.355 e. The van der Waals surface area contributed by atoms with Gasteiger partial charge in [0.05, 0.1) is 0 Å². The maximum absolute atomic E-state index is 11.9. The van der Waals surface area contributed by atoms with Crippen molar-refractivity contribution in [2.75, 3.05) is 12.4 Å². The van der Waals surface area contributed by atoms with E-state index in [-0.39, 0.29) is 5.70 Å². The molecule has 1 saturated heterocycles. The van der Waals surface area contributed by atoms with Gasteiger partial charge < -0.3 is 4.74 Å². The first-order chi connectivity index (χ1) is 8.72. The minimum Gasteiger partial charge on any atom is -0.456 e. The summed E-state index contributed by atoms with van der Waals surface area (Å²) in [4.78, 5) is 35.9. The second kappa shape index (κ2) is 5.16. The van der Waals surface area contributed by atoms with E-state index in [1.165, 1.54) is 11.8 Å². The molecule has 0 aromatic rings. The zero-order valence-electron chi connectivity index (χ0n) is 9.61. The number of carbonyl (C=O) groups excluding carboxylic acids is 3. The quantitative estimate of drug-likeness (QED) is 0.330. The van der Waals surface area contributed by atoms with Crippen LogP contribution in [0.25, 0.3) is 0 Å². The average molecular weight is 345 g/mol. The van der Waals surface area contributed by atoms with Gasteiger partial charge in [0.2, 0.25) is 3.79 Å². The summed E-state index contributed by atoms with van der Waals surface area (Å²) in [7, 11) is 0. The third kappa shape index (κ3) is 2.86. The lowest BCUT2D eigenvalue weighted by atomic mass is 10.1. The van der Waals surface area contributed by atoms with E-state index >= 15 is 0 Å². The molecule has 1 atom stereocenters. The fourth-order valence-electron chi connectivity index (χ4n) is 1.72. The summed E-state index contributed by atoms with van der Waals surface area (Å²) in [6.45, 7) is 1.26. The maximum atomic E-state index is 11.9. The van der Waals surface area contributed by atoms with Gasteiger partial charge in [-0.15, -0.1) is 11.8 Å². The lowest BCUT2D eigenvalue weighted by molar-refractivity contribution is -0.157. The number of ketones is 1. The predicted octanol–water partition coefficient (Wildman–Crippen LogP) is 1.66. The van der Waals surface area contributed by atoms with Crippen molar-refractivity contribution in [2.45, 2.75) is 16.1 Å². The van der Waals surface area contributed by atoms with E-state index in [2.05, 4.69) is 0 Å². The van der Waals surface area contributed by atoms with Crippen LogP contribution >= 0.6 is 46.6 Å². The van der Waals surface area contributed by atoms with Gasteiger partial charge in [0.25, 0.3) is 11.7 Å². The van der Waals surface area contributed by atoms with Gasteiger partial charge in [-0.05, 0) is 12.5 Å². The summed E-state index contributed by atoms with van der Waals surface area (Å²) in [6.07, 6.45) is 0. The van der Waals surface area contributed by atoms with Crippen LogP contribution in [0.15, 0.2) is 11.3 Å². The highest BCUT2D eigenvalue weighted by molar-refractivity contribution is 8.01. The monoisotopic (exact) mass is 343 g/mol. The van der Waals surface area contributed by atoms with Crippen molar-refractivity contribution in [3.63, 3.8) is 0 Å². The summed E-state index contributed by atoms with van der Waals surface area (Å²) in [5.74, 6) is -1.52. The predicted molar refractivity (Wildman–Crippen MR) is 72.0 cm³/mol. The van der Waals surface area contributed by atoms with Crippen LogP contribution in [-0.2, 0) is 19.1 Å². The Bertz CT molecular complexity index is 499. The first kappa shape index (κ1) is 15.0. The van der Waals surface area contributed by atoms with E-state index in [1.54, 1.807) is 6.92 Å². The number of ether oxygens (including phenoxy) is 1. The molecule has 0 aliphatic carbocycles. The number of fused-ring (bicyclic) bond motifs is 1. The van der Waals surface area contributed by atoms with Crippen molar-refractivity contribution in [3.8, 4) is 0 Å². The molecule has 2 heterocycles. The van der Waals surface area contributed by atoms with Gasteiger partial charge >= 0.3 is 5.97 Å². The smallest absolute Gasteiger partial charge is 0.355 e. The van der Waals surface area contributed by atoms with Crippen LogP contribution < -0.4 is 0 Å². The van der Waals surface area contributed by atoms with E-state index < -0.39 is 33.4 Å². The molecule has 0 aromatic heterocycles. The number of hydrogen-bond acceptors (Lipinski definition) is 5.